The summed E-state index contributed by atoms with van der Waals surface area (Å²) in [6, 6.07) is 88.0. The number of aliphatic imine (C=N–C) groups is 2. The van der Waals surface area contributed by atoms with Gasteiger partial charge in [-0.1, -0.05) is 294 Å². The van der Waals surface area contributed by atoms with Crippen molar-refractivity contribution in [3.05, 3.63) is 367 Å². The molecule has 0 saturated carbocycles. The van der Waals surface area contributed by atoms with Gasteiger partial charge in [-0.25, -0.2) is 9.98 Å². The Hall–Kier alpha value is -12.7. The predicted octanol–water partition coefficient (Wildman–Crippen LogP) is 24.4. The van der Waals surface area contributed by atoms with Crippen LogP contribution in [0.25, 0.3) is 125 Å². The Morgan fingerprint density at radius 2 is 0.490 bits per heavy atom. The SMILES string of the molecule is C=Cc1ccc(-c2cc(C)cc(-c3ccc(C=C)cc3)c2N)cc1.C=Cc1ccc(-c2cc(C)cc(-c3ccc(C=C)cc3)c2N=C2C(=Nc3c(-c4ccc(C=C)cc4)cc(C)cc3-c3ccc(C=C)cc3)c3cccc4cccc2c34)cc1.O=C1C(=O)c2cccc3cccc1c23. The van der Waals surface area contributed by atoms with E-state index >= 15 is 0 Å². The second-order valence-electron chi connectivity index (χ2n) is 24.6. The number of anilines is 1. The van der Waals surface area contributed by atoms with Gasteiger partial charge in [-0.15, -0.1) is 0 Å². The van der Waals surface area contributed by atoms with E-state index in [0.717, 1.165) is 172 Å². The van der Waals surface area contributed by atoms with E-state index in [4.69, 9.17) is 15.7 Å². The topological polar surface area (TPSA) is 84.9 Å². The molecule has 0 saturated heterocycles. The highest BCUT2D eigenvalue weighted by molar-refractivity contribution is 6.61. The summed E-state index contributed by atoms with van der Waals surface area (Å²) in [6.07, 6.45) is 11.2. The summed E-state index contributed by atoms with van der Waals surface area (Å²) in [4.78, 5) is 34.7. The lowest BCUT2D eigenvalue weighted by molar-refractivity contribution is 0.0825. The molecule has 2 N–H and O–H groups in total. The van der Waals surface area contributed by atoms with Gasteiger partial charge in [0.05, 0.1) is 22.8 Å². The smallest absolute Gasteiger partial charge is 0.234 e. The fourth-order valence-electron chi connectivity index (χ4n) is 13.2. The van der Waals surface area contributed by atoms with Gasteiger partial charge in [-0.05, 0) is 151 Å². The predicted molar refractivity (Wildman–Crippen MR) is 420 cm³/mol. The molecule has 5 nitrogen and oxygen atoms in total. The van der Waals surface area contributed by atoms with E-state index in [1.165, 1.54) is 5.56 Å². The molecule has 0 unspecified atom stereocenters. The number of hydrogen-bond acceptors (Lipinski definition) is 5. The molecule has 13 aromatic rings. The fourth-order valence-corrected chi connectivity index (χ4v) is 13.2. The number of Topliss-reactive ketones (excluding diaryl/α,β-unsaturated/α-hetero) is 2. The van der Waals surface area contributed by atoms with E-state index in [9.17, 15) is 9.59 Å². The van der Waals surface area contributed by atoms with Crippen LogP contribution in [-0.4, -0.2) is 23.0 Å². The first-order valence-electron chi connectivity index (χ1n) is 32.6. The number of nitrogen functional groups attached to an aromatic ring is 1. The van der Waals surface area contributed by atoms with Crippen molar-refractivity contribution in [3.8, 4) is 66.8 Å². The molecule has 0 bridgehead atoms. The second-order valence-corrected chi connectivity index (χ2v) is 24.6. The lowest BCUT2D eigenvalue weighted by Crippen LogP contribution is -2.11. The number of nitrogens with zero attached hydrogens (tertiary/aromatic N) is 2. The van der Waals surface area contributed by atoms with Crippen molar-refractivity contribution in [2.75, 3.05) is 5.73 Å². The quantitative estimate of drug-likeness (QED) is 0.0869. The Balaban J connectivity index is 0.000000183. The first-order chi connectivity index (χ1) is 47.8. The molecule has 0 radical (unpaired) electrons. The van der Waals surface area contributed by atoms with Gasteiger partial charge in [-0.2, -0.15) is 0 Å². The molecule has 15 rings (SSSR count). The molecule has 470 valence electrons. The van der Waals surface area contributed by atoms with Gasteiger partial charge in [0.1, 0.15) is 0 Å². The van der Waals surface area contributed by atoms with Crippen LogP contribution in [-0.2, 0) is 0 Å². The molecule has 98 heavy (non-hydrogen) atoms. The number of ketones is 2. The number of carbonyl (C=O) groups is 2. The van der Waals surface area contributed by atoms with Gasteiger partial charge < -0.3 is 5.73 Å². The van der Waals surface area contributed by atoms with Crippen LogP contribution in [0.5, 0.6) is 0 Å². The van der Waals surface area contributed by atoms with E-state index < -0.39 is 0 Å². The van der Waals surface area contributed by atoms with E-state index in [2.05, 4.69) is 279 Å². The second kappa shape index (κ2) is 27.7. The average molecular weight is 1260 g/mol. The summed E-state index contributed by atoms with van der Waals surface area (Å²) in [7, 11) is 0. The zero-order valence-electron chi connectivity index (χ0n) is 55.2. The van der Waals surface area contributed by atoms with Crippen molar-refractivity contribution in [2.24, 2.45) is 9.98 Å². The summed E-state index contributed by atoms with van der Waals surface area (Å²) in [5.41, 5.74) is 36.8. The van der Waals surface area contributed by atoms with Crippen molar-refractivity contribution in [3.63, 3.8) is 0 Å². The van der Waals surface area contributed by atoms with Crippen LogP contribution in [0, 0.1) is 20.8 Å². The van der Waals surface area contributed by atoms with Crippen molar-refractivity contribution in [1.29, 1.82) is 0 Å². The van der Waals surface area contributed by atoms with Crippen LogP contribution in [0.2, 0.25) is 0 Å². The van der Waals surface area contributed by atoms with Crippen LogP contribution in [0.3, 0.4) is 0 Å². The maximum absolute atomic E-state index is 11.5. The van der Waals surface area contributed by atoms with E-state index in [0.29, 0.717) is 11.1 Å². The van der Waals surface area contributed by atoms with Crippen LogP contribution < -0.4 is 5.73 Å². The number of aryl methyl sites for hydroxylation is 3. The summed E-state index contributed by atoms with van der Waals surface area (Å²) < 4.78 is 0. The monoisotopic (exact) mass is 1260 g/mol. The van der Waals surface area contributed by atoms with E-state index in [1.807, 2.05) is 48.6 Å². The lowest BCUT2D eigenvalue weighted by Gasteiger charge is -2.17. The van der Waals surface area contributed by atoms with Gasteiger partial charge in [0.15, 0.2) is 0 Å². The highest BCUT2D eigenvalue weighted by atomic mass is 16.2. The van der Waals surface area contributed by atoms with Gasteiger partial charge in [0.25, 0.3) is 0 Å². The third-order valence-electron chi connectivity index (χ3n) is 18.3. The standard InChI is InChI=1S/C58H44N2.C23H21N.C12H6O2/c1-7-39-17-25-43(26-18-39)50-33-37(5)34-51(44-27-19-40(8-2)20-28-44)55(50)59-57-48-15-11-13-47-14-12-16-49(54(47)48)58(57)60-56-52(45-29-21-41(9-3)22-30-45)35-38(6)36-53(56)46-31-23-42(10-4)24-32-46;1-4-17-6-10-19(11-7-17)21-14-16(3)15-22(23(21)24)20-12-8-18(5-2)9-13-20;13-11-8-5-1-3-7-4-2-6-9(10(7)8)12(11)14/h7-36H,1-4H2,5-6H3;4-15H,1-2,24H2,3H3;1-6H. The highest BCUT2D eigenvalue weighted by Gasteiger charge is 2.31. The summed E-state index contributed by atoms with van der Waals surface area (Å²) in [6.45, 7) is 30.0. The first-order valence-corrected chi connectivity index (χ1v) is 32.6. The Morgan fingerprint density at radius 3 is 0.735 bits per heavy atom. The largest absolute Gasteiger partial charge is 0.398 e. The summed E-state index contributed by atoms with van der Waals surface area (Å²) in [5, 5.41) is 4.07. The van der Waals surface area contributed by atoms with Crippen molar-refractivity contribution < 1.29 is 9.59 Å². The molecule has 5 heteroatoms. The molecule has 0 fully saturated rings. The first kappa shape index (κ1) is 64.0. The molecule has 2 aliphatic rings. The molecule has 2 aliphatic carbocycles. The van der Waals surface area contributed by atoms with Crippen molar-refractivity contribution in [2.45, 2.75) is 20.8 Å². The van der Waals surface area contributed by atoms with Gasteiger partial charge in [0.2, 0.25) is 11.6 Å². The molecular weight excluding hydrogens is 1190 g/mol. The Morgan fingerprint density at radius 1 is 0.276 bits per heavy atom. The molecule has 0 aromatic heterocycles. The molecule has 0 atom stereocenters. The Bertz CT molecular complexity index is 4980. The van der Waals surface area contributed by atoms with Gasteiger partial charge in [-0.3, -0.25) is 9.59 Å². The minimum absolute atomic E-state index is 0.378. The van der Waals surface area contributed by atoms with Crippen LogP contribution in [0.15, 0.2) is 304 Å². The van der Waals surface area contributed by atoms with Crippen molar-refractivity contribution >= 4 is 98.1 Å². The highest BCUT2D eigenvalue weighted by Crippen LogP contribution is 2.47. The minimum Gasteiger partial charge on any atom is -0.398 e. The summed E-state index contributed by atoms with van der Waals surface area (Å²) in [5.74, 6) is -0.756. The van der Waals surface area contributed by atoms with Crippen LogP contribution in [0.1, 0.15) is 81.9 Å². The number of nitrogens with two attached hydrogens (primary N) is 1. The molecule has 13 aromatic carbocycles. The zero-order valence-corrected chi connectivity index (χ0v) is 55.2. The molecule has 0 spiro atoms. The maximum atomic E-state index is 11.5. The van der Waals surface area contributed by atoms with Crippen LogP contribution >= 0.6 is 0 Å². The molecule has 0 aliphatic heterocycles. The Labute approximate surface area is 574 Å². The average Bonchev–Trinajstić information content (AvgIpc) is 1.57. The molecule has 0 amide bonds. The number of hydrogen-bond donors (Lipinski definition) is 1. The summed E-state index contributed by atoms with van der Waals surface area (Å²) >= 11 is 0. The lowest BCUT2D eigenvalue weighted by atomic mass is 9.92. The number of benzene rings is 13. The van der Waals surface area contributed by atoms with Gasteiger partial charge in [0, 0.05) is 72.1 Å². The number of carbonyl (C=O) groups excluding carboxylic acids is 2. The number of rotatable bonds is 14. The molecule has 0 heterocycles. The Kier molecular flexibility index (Phi) is 18.1. The minimum atomic E-state index is -0.378. The zero-order chi connectivity index (χ0) is 68.1. The normalized spacial score (nSPS) is 12.6. The van der Waals surface area contributed by atoms with Crippen molar-refractivity contribution in [1.82, 2.24) is 0 Å². The van der Waals surface area contributed by atoms with E-state index in [1.54, 1.807) is 24.3 Å². The third-order valence-corrected chi connectivity index (χ3v) is 18.3. The van der Waals surface area contributed by atoms with E-state index in [-0.39, 0.29) is 11.6 Å². The fraction of sp³-hybridized carbons (Fsp3) is 0.0323. The van der Waals surface area contributed by atoms with Crippen LogP contribution in [0.4, 0.5) is 17.1 Å². The van der Waals surface area contributed by atoms with Gasteiger partial charge >= 0.3 is 0 Å². The molecular formula is C93H71N3O2. The maximum Gasteiger partial charge on any atom is 0.234 e. The third kappa shape index (κ3) is 12.6.